The number of rotatable bonds is 8. The SMILES string of the molecule is O=C(O)C1CCCCC1C(=O)NC1CCC(CC2CCC(NC(=O)C3CC(O)CCC3C(=O)O)CC2)CC1. The van der Waals surface area contributed by atoms with E-state index in [-0.39, 0.29) is 30.3 Å². The van der Waals surface area contributed by atoms with E-state index in [0.717, 1.165) is 64.2 Å². The summed E-state index contributed by atoms with van der Waals surface area (Å²) in [5.41, 5.74) is 0. The van der Waals surface area contributed by atoms with E-state index in [0.29, 0.717) is 37.5 Å². The van der Waals surface area contributed by atoms with Crippen molar-refractivity contribution in [3.63, 3.8) is 0 Å². The highest BCUT2D eigenvalue weighted by atomic mass is 16.4. The zero-order valence-corrected chi connectivity index (χ0v) is 22.5. The zero-order valence-electron chi connectivity index (χ0n) is 22.5. The molecule has 9 heteroatoms. The van der Waals surface area contributed by atoms with Gasteiger partial charge in [0, 0.05) is 12.1 Å². The normalized spacial score (nSPS) is 38.1. The third kappa shape index (κ3) is 7.48. The summed E-state index contributed by atoms with van der Waals surface area (Å²) < 4.78 is 0. The largest absolute Gasteiger partial charge is 0.481 e. The topological polar surface area (TPSA) is 153 Å². The maximum Gasteiger partial charge on any atom is 0.307 e. The molecule has 4 aliphatic carbocycles. The zero-order chi connectivity index (χ0) is 27.2. The molecule has 0 heterocycles. The number of hydrogen-bond acceptors (Lipinski definition) is 5. The maximum absolute atomic E-state index is 12.8. The number of nitrogens with one attached hydrogen (secondary N) is 2. The van der Waals surface area contributed by atoms with E-state index in [1.807, 2.05) is 0 Å². The van der Waals surface area contributed by atoms with Crippen LogP contribution in [0.3, 0.4) is 0 Å². The van der Waals surface area contributed by atoms with E-state index in [1.165, 1.54) is 6.42 Å². The Balaban J connectivity index is 1.15. The van der Waals surface area contributed by atoms with Gasteiger partial charge in [-0.3, -0.25) is 19.2 Å². The van der Waals surface area contributed by atoms with Gasteiger partial charge in [-0.15, -0.1) is 0 Å². The number of carboxylic acid groups (broad SMARTS) is 2. The Morgan fingerprint density at radius 2 is 1.00 bits per heavy atom. The molecule has 0 aromatic rings. The van der Waals surface area contributed by atoms with Crippen molar-refractivity contribution in [1.29, 1.82) is 0 Å². The summed E-state index contributed by atoms with van der Waals surface area (Å²) in [6.07, 6.45) is 12.6. The summed E-state index contributed by atoms with van der Waals surface area (Å²) in [4.78, 5) is 48.8. The Morgan fingerprint density at radius 1 is 0.553 bits per heavy atom. The molecule has 4 rings (SSSR count). The Hall–Kier alpha value is -2.16. The summed E-state index contributed by atoms with van der Waals surface area (Å²) in [6, 6.07) is 0.224. The first-order chi connectivity index (χ1) is 18.2. The highest BCUT2D eigenvalue weighted by Crippen LogP contribution is 2.37. The summed E-state index contributed by atoms with van der Waals surface area (Å²) >= 11 is 0. The Kier molecular flexibility index (Phi) is 10.1. The van der Waals surface area contributed by atoms with Crippen molar-refractivity contribution in [3.05, 3.63) is 0 Å². The quantitative estimate of drug-likeness (QED) is 0.319. The number of carboxylic acids is 2. The average molecular weight is 535 g/mol. The lowest BCUT2D eigenvalue weighted by Gasteiger charge is -2.36. The predicted molar refractivity (Wildman–Crippen MR) is 140 cm³/mol. The molecular weight excluding hydrogens is 488 g/mol. The number of carbonyl (C=O) groups is 4. The number of aliphatic hydroxyl groups excluding tert-OH is 1. The van der Waals surface area contributed by atoms with Crippen molar-refractivity contribution in [2.45, 2.75) is 121 Å². The van der Waals surface area contributed by atoms with Crippen LogP contribution in [0.25, 0.3) is 0 Å². The van der Waals surface area contributed by atoms with Crippen LogP contribution in [0.2, 0.25) is 0 Å². The smallest absolute Gasteiger partial charge is 0.307 e. The van der Waals surface area contributed by atoms with Gasteiger partial charge in [0.05, 0.1) is 29.8 Å². The second-order valence-electron chi connectivity index (χ2n) is 12.5. The molecule has 0 spiro atoms. The predicted octanol–water partition coefficient (Wildman–Crippen LogP) is 3.48. The molecule has 38 heavy (non-hydrogen) atoms. The second kappa shape index (κ2) is 13.3. The number of carbonyl (C=O) groups excluding carboxylic acids is 2. The molecule has 4 aliphatic rings. The summed E-state index contributed by atoms with van der Waals surface area (Å²) in [7, 11) is 0. The number of aliphatic carboxylic acids is 2. The van der Waals surface area contributed by atoms with Gasteiger partial charge in [-0.25, -0.2) is 0 Å². The molecule has 0 saturated heterocycles. The second-order valence-corrected chi connectivity index (χ2v) is 12.5. The van der Waals surface area contributed by atoms with Crippen molar-refractivity contribution in [1.82, 2.24) is 10.6 Å². The first-order valence-electron chi connectivity index (χ1n) is 15.0. The lowest BCUT2D eigenvalue weighted by Crippen LogP contribution is -2.47. The highest BCUT2D eigenvalue weighted by molar-refractivity contribution is 5.85. The van der Waals surface area contributed by atoms with Gasteiger partial charge < -0.3 is 26.0 Å². The molecule has 2 amide bonds. The molecule has 5 unspecified atom stereocenters. The number of aliphatic hydroxyl groups is 1. The minimum Gasteiger partial charge on any atom is -0.481 e. The highest BCUT2D eigenvalue weighted by Gasteiger charge is 2.40. The van der Waals surface area contributed by atoms with Gasteiger partial charge in [0.2, 0.25) is 11.8 Å². The van der Waals surface area contributed by atoms with Crippen LogP contribution in [-0.4, -0.2) is 57.3 Å². The number of hydrogen-bond donors (Lipinski definition) is 5. The van der Waals surface area contributed by atoms with Gasteiger partial charge >= 0.3 is 11.9 Å². The molecule has 0 bridgehead atoms. The van der Waals surface area contributed by atoms with Crippen molar-refractivity contribution in [2.24, 2.45) is 35.5 Å². The molecule has 9 nitrogen and oxygen atoms in total. The molecule has 4 saturated carbocycles. The molecule has 4 fully saturated rings. The molecule has 5 atom stereocenters. The van der Waals surface area contributed by atoms with Crippen molar-refractivity contribution >= 4 is 23.8 Å². The van der Waals surface area contributed by atoms with Crippen molar-refractivity contribution in [2.75, 3.05) is 0 Å². The fourth-order valence-electron chi connectivity index (χ4n) is 7.65. The van der Waals surface area contributed by atoms with E-state index in [1.54, 1.807) is 0 Å². The lowest BCUT2D eigenvalue weighted by atomic mass is 9.75. The Bertz CT molecular complexity index is 848. The fourth-order valence-corrected chi connectivity index (χ4v) is 7.65. The van der Waals surface area contributed by atoms with Gasteiger partial charge in [0.1, 0.15) is 0 Å². The minimum absolute atomic E-state index is 0.0710. The van der Waals surface area contributed by atoms with Crippen LogP contribution >= 0.6 is 0 Å². The van der Waals surface area contributed by atoms with E-state index in [9.17, 15) is 34.5 Å². The minimum atomic E-state index is -0.950. The van der Waals surface area contributed by atoms with Crippen LogP contribution in [0.1, 0.15) is 103 Å². The van der Waals surface area contributed by atoms with E-state index >= 15 is 0 Å². The molecule has 0 aliphatic heterocycles. The third-order valence-corrected chi connectivity index (χ3v) is 9.95. The van der Waals surface area contributed by atoms with E-state index < -0.39 is 41.7 Å². The Labute approximate surface area is 225 Å². The first-order valence-corrected chi connectivity index (χ1v) is 15.0. The average Bonchev–Trinajstić information content (AvgIpc) is 2.90. The van der Waals surface area contributed by atoms with Crippen LogP contribution in [0.4, 0.5) is 0 Å². The molecule has 214 valence electrons. The lowest BCUT2D eigenvalue weighted by molar-refractivity contribution is -0.150. The van der Waals surface area contributed by atoms with Gasteiger partial charge in [-0.2, -0.15) is 0 Å². The number of amides is 2. The van der Waals surface area contributed by atoms with E-state index in [2.05, 4.69) is 10.6 Å². The van der Waals surface area contributed by atoms with E-state index in [4.69, 9.17) is 0 Å². The molecule has 5 N–H and O–H groups in total. The van der Waals surface area contributed by atoms with Crippen LogP contribution < -0.4 is 10.6 Å². The maximum atomic E-state index is 12.8. The van der Waals surface area contributed by atoms with Crippen LogP contribution in [0, 0.1) is 35.5 Å². The summed E-state index contributed by atoms with van der Waals surface area (Å²) in [6.45, 7) is 0. The molecule has 0 aromatic carbocycles. The van der Waals surface area contributed by atoms with Crippen LogP contribution in [0.15, 0.2) is 0 Å². The van der Waals surface area contributed by atoms with Gasteiger partial charge in [-0.05, 0) is 102 Å². The summed E-state index contributed by atoms with van der Waals surface area (Å²) in [5.74, 6) is -3.13. The first kappa shape index (κ1) is 28.8. The van der Waals surface area contributed by atoms with Crippen molar-refractivity contribution < 1.29 is 34.5 Å². The molecule has 0 radical (unpaired) electrons. The standard InChI is InChI=1S/C29H46N2O7/c32-21-13-14-24(29(37)38)25(16-21)27(34)31-20-11-7-18(8-12-20)15-17-5-9-19(10-6-17)30-26(33)22-3-1-2-4-23(22)28(35)36/h17-25,32H,1-16H2,(H,30,33)(H,31,34)(H,35,36)(H,37,38). The third-order valence-electron chi connectivity index (χ3n) is 9.95. The van der Waals surface area contributed by atoms with Gasteiger partial charge in [0.15, 0.2) is 0 Å². The summed E-state index contributed by atoms with van der Waals surface area (Å²) in [5, 5.41) is 35.2. The monoisotopic (exact) mass is 534 g/mol. The van der Waals surface area contributed by atoms with Crippen LogP contribution in [0.5, 0.6) is 0 Å². The van der Waals surface area contributed by atoms with Gasteiger partial charge in [-0.1, -0.05) is 12.8 Å². The van der Waals surface area contributed by atoms with Crippen molar-refractivity contribution in [3.8, 4) is 0 Å². The fraction of sp³-hybridized carbons (Fsp3) is 0.862. The van der Waals surface area contributed by atoms with Crippen LogP contribution in [-0.2, 0) is 19.2 Å². The molecule has 0 aromatic heterocycles. The Morgan fingerprint density at radius 3 is 1.50 bits per heavy atom. The van der Waals surface area contributed by atoms with Gasteiger partial charge in [0.25, 0.3) is 0 Å². The molecular formula is C29H46N2O7.